The van der Waals surface area contributed by atoms with Crippen molar-refractivity contribution < 1.29 is 18.0 Å². The lowest BCUT2D eigenvalue weighted by atomic mass is 9.94. The molecule has 1 fully saturated rings. The van der Waals surface area contributed by atoms with Gasteiger partial charge in [0.25, 0.3) is 0 Å². The molecular weight excluding hydrogens is 593 g/mol. The zero-order valence-corrected chi connectivity index (χ0v) is 26.3. The summed E-state index contributed by atoms with van der Waals surface area (Å²) >= 11 is 12.6. The molecule has 0 spiro atoms. The number of hydrogen-bond donors (Lipinski definition) is 1. The molecule has 0 heterocycles. The van der Waals surface area contributed by atoms with E-state index in [1.165, 1.54) is 11.0 Å². The van der Waals surface area contributed by atoms with E-state index in [2.05, 4.69) is 5.32 Å². The highest BCUT2D eigenvalue weighted by Gasteiger charge is 2.34. The van der Waals surface area contributed by atoms with Crippen LogP contribution in [0.4, 0.5) is 5.69 Å². The minimum Gasteiger partial charge on any atom is -0.352 e. The second-order valence-corrected chi connectivity index (χ2v) is 13.7. The Morgan fingerprint density at radius 2 is 1.62 bits per heavy atom. The first-order valence-corrected chi connectivity index (χ1v) is 16.7. The highest BCUT2D eigenvalue weighted by Crippen LogP contribution is 2.26. The number of carbonyl (C=O) groups is 2. The second-order valence-electron chi connectivity index (χ2n) is 10.9. The molecule has 1 atom stereocenters. The van der Waals surface area contributed by atoms with E-state index in [-0.39, 0.29) is 30.6 Å². The van der Waals surface area contributed by atoms with Gasteiger partial charge in [0.05, 0.1) is 11.9 Å². The Balaban J connectivity index is 1.73. The Hall–Kier alpha value is -3.07. The molecule has 0 saturated heterocycles. The monoisotopic (exact) mass is 629 g/mol. The lowest BCUT2D eigenvalue weighted by Gasteiger charge is -2.35. The molecule has 0 radical (unpaired) electrons. The molecule has 4 rings (SSSR count). The minimum absolute atomic E-state index is 0.0369. The fourth-order valence-electron chi connectivity index (χ4n) is 5.28. The lowest BCUT2D eigenvalue weighted by Crippen LogP contribution is -2.55. The fraction of sp³-hybridized carbons (Fsp3) is 0.375. The smallest absolute Gasteiger partial charge is 0.244 e. The number of carbonyl (C=O) groups excluding carboxylic acids is 2. The molecule has 1 aliphatic carbocycles. The minimum atomic E-state index is -3.88. The largest absolute Gasteiger partial charge is 0.352 e. The summed E-state index contributed by atoms with van der Waals surface area (Å²) in [4.78, 5) is 29.7. The first-order chi connectivity index (χ1) is 20.0. The topological polar surface area (TPSA) is 86.8 Å². The molecule has 3 aromatic rings. The molecule has 42 heavy (non-hydrogen) atoms. The van der Waals surface area contributed by atoms with Crippen molar-refractivity contribution in [3.63, 3.8) is 0 Å². The maximum Gasteiger partial charge on any atom is 0.244 e. The standard InChI is InChI=1S/C32H37Cl2N3O4S/c1-23-16-17-28(20-29(23)34)37(42(2,40)41)22-31(38)36(21-25-12-9-13-26(33)18-25)30(19-24-10-5-3-6-11-24)32(39)35-27-14-7-4-8-15-27/h3,5-6,9-13,16-18,20,27,30H,4,7-8,14-15,19,21-22H2,1-2H3,(H,35,39)/t30-/m0/s1. The van der Waals surface area contributed by atoms with Gasteiger partial charge in [0.15, 0.2) is 0 Å². The average molecular weight is 631 g/mol. The molecular formula is C32H37Cl2N3O4S. The number of nitrogens with zero attached hydrogens (tertiary/aromatic N) is 2. The van der Waals surface area contributed by atoms with Crippen molar-refractivity contribution in [3.05, 3.63) is 99.5 Å². The highest BCUT2D eigenvalue weighted by molar-refractivity contribution is 7.92. The molecule has 0 aliphatic heterocycles. The zero-order chi connectivity index (χ0) is 30.3. The van der Waals surface area contributed by atoms with Crippen molar-refractivity contribution in [2.45, 2.75) is 64.1 Å². The van der Waals surface area contributed by atoms with E-state index < -0.39 is 28.5 Å². The van der Waals surface area contributed by atoms with Crippen molar-refractivity contribution >= 4 is 50.7 Å². The molecule has 1 N–H and O–H groups in total. The lowest BCUT2D eigenvalue weighted by molar-refractivity contribution is -0.140. The number of sulfonamides is 1. The van der Waals surface area contributed by atoms with Crippen LogP contribution in [-0.4, -0.2) is 50.0 Å². The molecule has 0 unspecified atom stereocenters. The van der Waals surface area contributed by atoms with Crippen LogP contribution < -0.4 is 9.62 Å². The third-order valence-electron chi connectivity index (χ3n) is 7.59. The maximum absolute atomic E-state index is 14.2. The van der Waals surface area contributed by atoms with Crippen molar-refractivity contribution in [3.8, 4) is 0 Å². The van der Waals surface area contributed by atoms with Crippen LogP contribution in [0.2, 0.25) is 10.0 Å². The Labute approximate surface area is 258 Å². The Kier molecular flexibility index (Phi) is 10.9. The van der Waals surface area contributed by atoms with Gasteiger partial charge in [-0.1, -0.05) is 91.0 Å². The third-order valence-corrected chi connectivity index (χ3v) is 9.37. The fourth-order valence-corrected chi connectivity index (χ4v) is 6.51. The van der Waals surface area contributed by atoms with Gasteiger partial charge in [0.1, 0.15) is 12.6 Å². The molecule has 10 heteroatoms. The summed E-state index contributed by atoms with van der Waals surface area (Å²) in [6.07, 6.45) is 6.32. The van der Waals surface area contributed by atoms with Crippen LogP contribution in [0.15, 0.2) is 72.8 Å². The van der Waals surface area contributed by atoms with E-state index in [4.69, 9.17) is 23.2 Å². The van der Waals surface area contributed by atoms with E-state index in [9.17, 15) is 18.0 Å². The van der Waals surface area contributed by atoms with E-state index in [1.54, 1.807) is 30.3 Å². The summed E-state index contributed by atoms with van der Waals surface area (Å²) in [5.41, 5.74) is 2.67. The SMILES string of the molecule is Cc1ccc(N(CC(=O)N(Cc2cccc(Cl)c2)[C@@H](Cc2ccccc2)C(=O)NC2CCCCC2)S(C)(=O)=O)cc1Cl. The molecule has 0 bridgehead atoms. The van der Waals surface area contributed by atoms with Gasteiger partial charge in [-0.15, -0.1) is 0 Å². The number of amides is 2. The van der Waals surface area contributed by atoms with Gasteiger partial charge in [-0.05, 0) is 60.7 Å². The van der Waals surface area contributed by atoms with Crippen molar-refractivity contribution in [1.29, 1.82) is 0 Å². The van der Waals surface area contributed by atoms with Crippen LogP contribution in [0.5, 0.6) is 0 Å². The molecule has 2 amide bonds. The van der Waals surface area contributed by atoms with Crippen LogP contribution in [0.25, 0.3) is 0 Å². The Morgan fingerprint density at radius 3 is 2.26 bits per heavy atom. The number of anilines is 1. The molecule has 1 aliphatic rings. The van der Waals surface area contributed by atoms with Gasteiger partial charge >= 0.3 is 0 Å². The van der Waals surface area contributed by atoms with Crippen LogP contribution in [0.3, 0.4) is 0 Å². The second kappa shape index (κ2) is 14.4. The number of nitrogens with one attached hydrogen (secondary N) is 1. The number of rotatable bonds is 11. The van der Waals surface area contributed by atoms with Gasteiger partial charge in [0.2, 0.25) is 21.8 Å². The van der Waals surface area contributed by atoms with Crippen LogP contribution in [0, 0.1) is 6.92 Å². The molecule has 3 aromatic carbocycles. The van der Waals surface area contributed by atoms with Gasteiger partial charge < -0.3 is 10.2 Å². The third kappa shape index (κ3) is 8.72. The first-order valence-electron chi connectivity index (χ1n) is 14.1. The molecule has 1 saturated carbocycles. The predicted octanol–water partition coefficient (Wildman–Crippen LogP) is 6.16. The van der Waals surface area contributed by atoms with E-state index in [0.29, 0.717) is 10.0 Å². The van der Waals surface area contributed by atoms with Gasteiger partial charge in [-0.3, -0.25) is 13.9 Å². The summed E-state index contributed by atoms with van der Waals surface area (Å²) in [6, 6.07) is 20.6. The summed E-state index contributed by atoms with van der Waals surface area (Å²) < 4.78 is 27.0. The summed E-state index contributed by atoms with van der Waals surface area (Å²) in [7, 11) is -3.88. The average Bonchev–Trinajstić information content (AvgIpc) is 2.95. The first kappa shape index (κ1) is 31.9. The number of hydrogen-bond acceptors (Lipinski definition) is 4. The van der Waals surface area contributed by atoms with Gasteiger partial charge in [-0.25, -0.2) is 8.42 Å². The van der Waals surface area contributed by atoms with E-state index >= 15 is 0 Å². The normalized spacial score (nSPS) is 14.7. The molecule has 0 aromatic heterocycles. The van der Waals surface area contributed by atoms with Gasteiger partial charge in [-0.2, -0.15) is 0 Å². The number of halogens is 2. The van der Waals surface area contributed by atoms with Crippen molar-refractivity contribution in [2.24, 2.45) is 0 Å². The van der Waals surface area contributed by atoms with Crippen LogP contribution >= 0.6 is 23.2 Å². The predicted molar refractivity (Wildman–Crippen MR) is 169 cm³/mol. The summed E-state index contributed by atoms with van der Waals surface area (Å²) in [5, 5.41) is 4.08. The number of aryl methyl sites for hydroxylation is 1. The van der Waals surface area contributed by atoms with Crippen molar-refractivity contribution in [2.75, 3.05) is 17.1 Å². The van der Waals surface area contributed by atoms with Crippen LogP contribution in [0.1, 0.15) is 48.8 Å². The van der Waals surface area contributed by atoms with E-state index in [1.807, 2.05) is 43.3 Å². The van der Waals surface area contributed by atoms with Crippen LogP contribution in [-0.2, 0) is 32.6 Å². The Bertz CT molecular complexity index is 1490. The summed E-state index contributed by atoms with van der Waals surface area (Å²) in [6.45, 7) is 1.38. The Morgan fingerprint density at radius 1 is 0.929 bits per heavy atom. The van der Waals surface area contributed by atoms with E-state index in [0.717, 1.165) is 59.4 Å². The van der Waals surface area contributed by atoms with Crippen molar-refractivity contribution in [1.82, 2.24) is 10.2 Å². The quantitative estimate of drug-likeness (QED) is 0.275. The molecule has 224 valence electrons. The summed E-state index contributed by atoms with van der Waals surface area (Å²) in [5.74, 6) is -0.776. The molecule has 7 nitrogen and oxygen atoms in total. The van der Waals surface area contributed by atoms with Gasteiger partial charge in [0, 0.05) is 29.1 Å². The highest BCUT2D eigenvalue weighted by atomic mass is 35.5. The zero-order valence-electron chi connectivity index (χ0n) is 23.9. The number of benzene rings is 3. The maximum atomic E-state index is 14.2.